The molecule has 4 rings (SSSR count). The van der Waals surface area contributed by atoms with Crippen molar-refractivity contribution in [2.24, 2.45) is 0 Å². The third-order valence-electron chi connectivity index (χ3n) is 5.62. The number of hydrogen-bond acceptors (Lipinski definition) is 6. The molecule has 1 aromatic carbocycles. The molecule has 1 aliphatic rings. The number of methoxy groups -OCH3 is 2. The van der Waals surface area contributed by atoms with Crippen molar-refractivity contribution < 1.29 is 14.3 Å². The number of benzene rings is 1. The van der Waals surface area contributed by atoms with Gasteiger partial charge in [-0.25, -0.2) is 4.98 Å². The molecule has 0 aliphatic heterocycles. The van der Waals surface area contributed by atoms with E-state index in [0.29, 0.717) is 28.4 Å². The molecule has 1 N–H and O–H groups in total. The number of hydrogen-bond donors (Lipinski definition) is 1. The second-order valence-electron chi connectivity index (χ2n) is 7.46. The van der Waals surface area contributed by atoms with Crippen LogP contribution in [0.2, 0.25) is 0 Å². The first-order valence-corrected chi connectivity index (χ1v) is 10.8. The predicted octanol–water partition coefficient (Wildman–Crippen LogP) is 3.86. The summed E-state index contributed by atoms with van der Waals surface area (Å²) in [6, 6.07) is 4.44. The van der Waals surface area contributed by atoms with Crippen LogP contribution in [0.3, 0.4) is 0 Å². The SMILES string of the molecule is COc1ccc(NC(=O)C(C)n2c(C)nc3sc4c(c3c2=O)CCCC4)cc1OC. The minimum Gasteiger partial charge on any atom is -0.493 e. The third kappa shape index (κ3) is 3.45. The molecule has 0 radical (unpaired) electrons. The first kappa shape index (κ1) is 20.4. The molecule has 8 heteroatoms. The quantitative estimate of drug-likeness (QED) is 0.669. The number of nitrogens with one attached hydrogen (secondary N) is 1. The fraction of sp³-hybridized carbons (Fsp3) is 0.409. The van der Waals surface area contributed by atoms with Gasteiger partial charge in [0.25, 0.3) is 5.56 Å². The molecule has 1 amide bonds. The Kier molecular flexibility index (Phi) is 5.51. The fourth-order valence-corrected chi connectivity index (χ4v) is 5.35. The standard InChI is InChI=1S/C22H25N3O4S/c1-12(20(26)24-14-9-10-16(28-3)17(11-14)29-4)25-13(2)23-21-19(22(25)27)15-7-5-6-8-18(15)30-21/h9-12H,5-8H2,1-4H3,(H,24,26). The van der Waals surface area contributed by atoms with Crippen molar-refractivity contribution in [2.75, 3.05) is 19.5 Å². The van der Waals surface area contributed by atoms with Gasteiger partial charge < -0.3 is 14.8 Å². The van der Waals surface area contributed by atoms with Crippen molar-refractivity contribution in [3.05, 3.63) is 44.8 Å². The zero-order valence-corrected chi connectivity index (χ0v) is 18.4. The highest BCUT2D eigenvalue weighted by atomic mass is 32.1. The van der Waals surface area contributed by atoms with Gasteiger partial charge in [0.1, 0.15) is 16.7 Å². The second kappa shape index (κ2) is 8.10. The molecule has 7 nitrogen and oxygen atoms in total. The van der Waals surface area contributed by atoms with E-state index < -0.39 is 6.04 Å². The lowest BCUT2D eigenvalue weighted by Gasteiger charge is -2.18. The maximum Gasteiger partial charge on any atom is 0.263 e. The second-order valence-corrected chi connectivity index (χ2v) is 8.54. The molecule has 2 heterocycles. The van der Waals surface area contributed by atoms with Gasteiger partial charge in [0, 0.05) is 16.6 Å². The lowest BCUT2D eigenvalue weighted by Crippen LogP contribution is -2.34. The van der Waals surface area contributed by atoms with Crippen LogP contribution in [0, 0.1) is 6.92 Å². The molecule has 0 saturated carbocycles. The number of amides is 1. The van der Waals surface area contributed by atoms with Crippen molar-refractivity contribution in [3.63, 3.8) is 0 Å². The van der Waals surface area contributed by atoms with Crippen molar-refractivity contribution in [1.29, 1.82) is 0 Å². The van der Waals surface area contributed by atoms with E-state index in [1.54, 1.807) is 50.5 Å². The number of nitrogens with zero attached hydrogens (tertiary/aromatic N) is 2. The smallest absolute Gasteiger partial charge is 0.263 e. The molecule has 0 saturated heterocycles. The van der Waals surface area contributed by atoms with Crippen molar-refractivity contribution in [2.45, 2.75) is 45.6 Å². The number of aromatic nitrogens is 2. The Morgan fingerprint density at radius 1 is 1.20 bits per heavy atom. The summed E-state index contributed by atoms with van der Waals surface area (Å²) in [5, 5.41) is 3.55. The topological polar surface area (TPSA) is 82.5 Å². The molecule has 0 fully saturated rings. The van der Waals surface area contributed by atoms with Gasteiger partial charge in [0.05, 0.1) is 19.6 Å². The highest BCUT2D eigenvalue weighted by Gasteiger charge is 2.25. The van der Waals surface area contributed by atoms with Crippen LogP contribution in [-0.4, -0.2) is 29.7 Å². The summed E-state index contributed by atoms with van der Waals surface area (Å²) in [6.45, 7) is 3.50. The monoisotopic (exact) mass is 427 g/mol. The third-order valence-corrected chi connectivity index (χ3v) is 6.80. The van der Waals surface area contributed by atoms with Crippen LogP contribution in [0.1, 0.15) is 42.1 Å². The summed E-state index contributed by atoms with van der Waals surface area (Å²) in [6.07, 6.45) is 4.14. The zero-order chi connectivity index (χ0) is 21.4. The Labute approximate surface area is 178 Å². The van der Waals surface area contributed by atoms with Crippen molar-refractivity contribution >= 4 is 33.1 Å². The summed E-state index contributed by atoms with van der Waals surface area (Å²) < 4.78 is 12.0. The van der Waals surface area contributed by atoms with Crippen LogP contribution >= 0.6 is 11.3 Å². The molecular formula is C22H25N3O4S. The van der Waals surface area contributed by atoms with Gasteiger partial charge in [-0.05, 0) is 57.2 Å². The fourth-order valence-electron chi connectivity index (χ4n) is 4.05. The van der Waals surface area contributed by atoms with E-state index >= 15 is 0 Å². The van der Waals surface area contributed by atoms with E-state index in [4.69, 9.17) is 9.47 Å². The number of carbonyl (C=O) groups is 1. The largest absolute Gasteiger partial charge is 0.493 e. The maximum atomic E-state index is 13.4. The molecule has 0 bridgehead atoms. The number of fused-ring (bicyclic) bond motifs is 3. The normalized spacial score (nSPS) is 14.3. The Balaban J connectivity index is 1.68. The number of aryl methyl sites for hydroxylation is 3. The van der Waals surface area contributed by atoms with E-state index in [1.165, 1.54) is 16.6 Å². The number of rotatable bonds is 5. The summed E-state index contributed by atoms with van der Waals surface area (Å²) in [4.78, 5) is 33.1. The Bertz CT molecular complexity index is 1180. The highest BCUT2D eigenvalue weighted by molar-refractivity contribution is 7.18. The summed E-state index contributed by atoms with van der Waals surface area (Å²) in [5.41, 5.74) is 1.56. The van der Waals surface area contributed by atoms with Crippen LogP contribution in [0.25, 0.3) is 10.2 Å². The van der Waals surface area contributed by atoms with Gasteiger partial charge in [0.2, 0.25) is 5.91 Å². The van der Waals surface area contributed by atoms with Crippen LogP contribution < -0.4 is 20.3 Å². The molecule has 1 atom stereocenters. The average Bonchev–Trinajstić information content (AvgIpc) is 3.11. The number of anilines is 1. The van der Waals surface area contributed by atoms with E-state index in [1.807, 2.05) is 0 Å². The zero-order valence-electron chi connectivity index (χ0n) is 17.6. The molecule has 3 aromatic rings. The first-order chi connectivity index (χ1) is 14.4. The van der Waals surface area contributed by atoms with E-state index in [2.05, 4.69) is 10.3 Å². The molecule has 158 valence electrons. The van der Waals surface area contributed by atoms with Crippen LogP contribution in [-0.2, 0) is 17.6 Å². The molecule has 30 heavy (non-hydrogen) atoms. The van der Waals surface area contributed by atoms with Crippen molar-refractivity contribution in [1.82, 2.24) is 9.55 Å². The minimum absolute atomic E-state index is 0.133. The number of ether oxygens (including phenoxy) is 2. The molecule has 0 spiro atoms. The summed E-state index contributed by atoms with van der Waals surface area (Å²) in [5.74, 6) is 1.34. The van der Waals surface area contributed by atoms with Crippen LogP contribution in [0.15, 0.2) is 23.0 Å². The Morgan fingerprint density at radius 3 is 2.67 bits per heavy atom. The number of thiophene rings is 1. The van der Waals surface area contributed by atoms with E-state index in [-0.39, 0.29) is 11.5 Å². The van der Waals surface area contributed by atoms with Gasteiger partial charge >= 0.3 is 0 Å². The maximum absolute atomic E-state index is 13.4. The van der Waals surface area contributed by atoms with Gasteiger partial charge in [-0.3, -0.25) is 14.2 Å². The summed E-state index contributed by atoms with van der Waals surface area (Å²) in [7, 11) is 3.09. The molecule has 2 aromatic heterocycles. The van der Waals surface area contributed by atoms with Gasteiger partial charge in [-0.1, -0.05) is 0 Å². The molecular weight excluding hydrogens is 402 g/mol. The predicted molar refractivity (Wildman–Crippen MR) is 118 cm³/mol. The van der Waals surface area contributed by atoms with Crippen LogP contribution in [0.5, 0.6) is 11.5 Å². The Hall–Kier alpha value is -2.87. The average molecular weight is 428 g/mol. The number of carbonyl (C=O) groups excluding carboxylic acids is 1. The van der Waals surface area contributed by atoms with Gasteiger partial charge in [0.15, 0.2) is 11.5 Å². The van der Waals surface area contributed by atoms with E-state index in [0.717, 1.165) is 36.1 Å². The lowest BCUT2D eigenvalue weighted by molar-refractivity contribution is -0.118. The van der Waals surface area contributed by atoms with E-state index in [9.17, 15) is 9.59 Å². The molecule has 1 aliphatic carbocycles. The first-order valence-electron chi connectivity index (χ1n) is 10.0. The Morgan fingerprint density at radius 2 is 1.93 bits per heavy atom. The molecule has 1 unspecified atom stereocenters. The minimum atomic E-state index is -0.707. The van der Waals surface area contributed by atoms with Crippen molar-refractivity contribution in [3.8, 4) is 11.5 Å². The van der Waals surface area contributed by atoms with Gasteiger partial charge in [-0.2, -0.15) is 0 Å². The van der Waals surface area contributed by atoms with Crippen LogP contribution in [0.4, 0.5) is 5.69 Å². The highest BCUT2D eigenvalue weighted by Crippen LogP contribution is 2.34. The van der Waals surface area contributed by atoms with Gasteiger partial charge in [-0.15, -0.1) is 11.3 Å². The lowest BCUT2D eigenvalue weighted by atomic mass is 9.97. The summed E-state index contributed by atoms with van der Waals surface area (Å²) >= 11 is 1.62.